The molecule has 0 spiro atoms. The molecule has 4 rings (SSSR count). The Bertz CT molecular complexity index is 599. The Morgan fingerprint density at radius 3 is 2.39 bits per heavy atom. The number of amides is 2. The summed E-state index contributed by atoms with van der Waals surface area (Å²) in [7, 11) is 0. The van der Waals surface area contributed by atoms with Crippen LogP contribution in [-0.2, 0) is 22.6 Å². The zero-order valence-electron chi connectivity index (χ0n) is 13.5. The molecule has 0 bridgehead atoms. The lowest BCUT2D eigenvalue weighted by atomic mass is 9.83. The van der Waals surface area contributed by atoms with Gasteiger partial charge in [0.05, 0.1) is 6.20 Å². The van der Waals surface area contributed by atoms with Crippen molar-refractivity contribution in [3.63, 3.8) is 0 Å². The van der Waals surface area contributed by atoms with Crippen LogP contribution in [0.4, 0.5) is 0 Å². The number of H-pyrrole nitrogens is 1. The average Bonchev–Trinajstić information content (AvgIpc) is 3.00. The maximum absolute atomic E-state index is 12.8. The number of aromatic nitrogens is 2. The van der Waals surface area contributed by atoms with Gasteiger partial charge in [-0.2, -0.15) is 5.10 Å². The highest BCUT2D eigenvalue weighted by molar-refractivity contribution is 5.81. The minimum Gasteiger partial charge on any atom is -0.342 e. The van der Waals surface area contributed by atoms with E-state index < -0.39 is 0 Å². The topological polar surface area (TPSA) is 69.3 Å². The molecular weight excluding hydrogens is 292 g/mol. The van der Waals surface area contributed by atoms with E-state index in [4.69, 9.17) is 0 Å². The third kappa shape index (κ3) is 2.75. The molecule has 2 fully saturated rings. The second kappa shape index (κ2) is 5.98. The van der Waals surface area contributed by atoms with Crippen molar-refractivity contribution >= 4 is 11.8 Å². The van der Waals surface area contributed by atoms with Crippen LogP contribution in [-0.4, -0.2) is 51.4 Å². The van der Waals surface area contributed by atoms with E-state index in [9.17, 15) is 9.59 Å². The van der Waals surface area contributed by atoms with Crippen molar-refractivity contribution in [3.05, 3.63) is 17.5 Å². The Morgan fingerprint density at radius 1 is 1.00 bits per heavy atom. The third-order valence-electron chi connectivity index (χ3n) is 5.72. The summed E-state index contributed by atoms with van der Waals surface area (Å²) in [4.78, 5) is 29.0. The van der Waals surface area contributed by atoms with Crippen LogP contribution < -0.4 is 0 Å². The molecule has 1 saturated carbocycles. The van der Waals surface area contributed by atoms with Gasteiger partial charge in [0.25, 0.3) is 0 Å². The average molecular weight is 316 g/mol. The van der Waals surface area contributed by atoms with Crippen molar-refractivity contribution in [2.45, 2.75) is 45.1 Å². The zero-order chi connectivity index (χ0) is 15.8. The number of carbonyl (C=O) groups excluding carboxylic acids is 2. The Balaban J connectivity index is 1.32. The highest BCUT2D eigenvalue weighted by atomic mass is 16.2. The Hall–Kier alpha value is -1.85. The van der Waals surface area contributed by atoms with Crippen LogP contribution in [0.5, 0.6) is 0 Å². The maximum atomic E-state index is 12.8. The van der Waals surface area contributed by atoms with Crippen LogP contribution in [0.15, 0.2) is 6.20 Å². The number of piperidine rings is 1. The number of nitrogens with one attached hydrogen (secondary N) is 1. The van der Waals surface area contributed by atoms with E-state index in [2.05, 4.69) is 10.2 Å². The quantitative estimate of drug-likeness (QED) is 0.895. The van der Waals surface area contributed by atoms with Gasteiger partial charge in [0, 0.05) is 55.7 Å². The molecule has 6 heteroatoms. The van der Waals surface area contributed by atoms with Crippen LogP contribution in [0.25, 0.3) is 0 Å². The predicted octanol–water partition coefficient (Wildman–Crippen LogP) is 1.33. The summed E-state index contributed by atoms with van der Waals surface area (Å²) in [6, 6.07) is 0. The standard InChI is InChI=1S/C17H24N4O2/c22-16(12-2-1-3-12)20-7-4-13(5-8-20)17(23)21-9-6-15-14(11-21)10-18-19-15/h10,12-13H,1-9,11H2,(H,18,19). The monoisotopic (exact) mass is 316 g/mol. The number of likely N-dealkylation sites (tertiary alicyclic amines) is 1. The SMILES string of the molecule is O=C(C1CCC1)N1CCC(C(=O)N2CCc3[nH]ncc3C2)CC1. The van der Waals surface area contributed by atoms with E-state index in [-0.39, 0.29) is 17.7 Å². The molecule has 1 aromatic rings. The zero-order valence-corrected chi connectivity index (χ0v) is 13.5. The number of nitrogens with zero attached hydrogens (tertiary/aromatic N) is 3. The molecule has 1 aromatic heterocycles. The largest absolute Gasteiger partial charge is 0.342 e. The van der Waals surface area contributed by atoms with E-state index in [1.807, 2.05) is 16.0 Å². The normalized spacial score (nSPS) is 22.6. The van der Waals surface area contributed by atoms with Gasteiger partial charge in [0.15, 0.2) is 0 Å². The lowest BCUT2D eigenvalue weighted by molar-refractivity contribution is -0.144. The summed E-state index contributed by atoms with van der Waals surface area (Å²) in [6.45, 7) is 2.94. The lowest BCUT2D eigenvalue weighted by Crippen LogP contribution is -2.47. The summed E-state index contributed by atoms with van der Waals surface area (Å²) in [5.74, 6) is 0.925. The summed E-state index contributed by atoms with van der Waals surface area (Å²) in [5.41, 5.74) is 2.30. The highest BCUT2D eigenvalue weighted by Crippen LogP contribution is 2.30. The van der Waals surface area contributed by atoms with E-state index in [1.54, 1.807) is 0 Å². The molecule has 0 atom stereocenters. The number of hydrogen-bond acceptors (Lipinski definition) is 3. The van der Waals surface area contributed by atoms with Gasteiger partial charge in [-0.1, -0.05) is 6.42 Å². The predicted molar refractivity (Wildman–Crippen MR) is 84.4 cm³/mol. The van der Waals surface area contributed by atoms with Crippen LogP contribution in [0.3, 0.4) is 0 Å². The first-order chi connectivity index (χ1) is 11.2. The fraction of sp³-hybridized carbons (Fsp3) is 0.706. The molecule has 6 nitrogen and oxygen atoms in total. The minimum atomic E-state index is 0.0777. The van der Waals surface area contributed by atoms with Gasteiger partial charge < -0.3 is 9.80 Å². The van der Waals surface area contributed by atoms with Gasteiger partial charge in [-0.3, -0.25) is 14.7 Å². The molecule has 0 aromatic carbocycles. The van der Waals surface area contributed by atoms with Crippen molar-refractivity contribution in [2.75, 3.05) is 19.6 Å². The van der Waals surface area contributed by atoms with Gasteiger partial charge >= 0.3 is 0 Å². The van der Waals surface area contributed by atoms with Crippen molar-refractivity contribution in [1.29, 1.82) is 0 Å². The van der Waals surface area contributed by atoms with Gasteiger partial charge in [-0.05, 0) is 25.7 Å². The molecule has 1 aliphatic carbocycles. The first-order valence-corrected chi connectivity index (χ1v) is 8.81. The first-order valence-electron chi connectivity index (χ1n) is 8.81. The van der Waals surface area contributed by atoms with Crippen LogP contribution in [0.1, 0.15) is 43.4 Å². The van der Waals surface area contributed by atoms with Crippen LogP contribution >= 0.6 is 0 Å². The van der Waals surface area contributed by atoms with Gasteiger partial charge in [0.1, 0.15) is 0 Å². The van der Waals surface area contributed by atoms with E-state index in [0.29, 0.717) is 12.5 Å². The molecular formula is C17H24N4O2. The van der Waals surface area contributed by atoms with Crippen molar-refractivity contribution in [2.24, 2.45) is 11.8 Å². The second-order valence-corrected chi connectivity index (χ2v) is 7.11. The Morgan fingerprint density at radius 2 is 1.70 bits per heavy atom. The smallest absolute Gasteiger partial charge is 0.226 e. The third-order valence-corrected chi connectivity index (χ3v) is 5.72. The molecule has 1 N–H and O–H groups in total. The molecule has 124 valence electrons. The van der Waals surface area contributed by atoms with Crippen molar-refractivity contribution in [1.82, 2.24) is 20.0 Å². The molecule has 1 saturated heterocycles. The molecule has 2 amide bonds. The molecule has 2 aliphatic heterocycles. The number of carbonyl (C=O) groups is 2. The summed E-state index contributed by atoms with van der Waals surface area (Å²) >= 11 is 0. The molecule has 23 heavy (non-hydrogen) atoms. The van der Waals surface area contributed by atoms with Crippen molar-refractivity contribution in [3.8, 4) is 0 Å². The van der Waals surface area contributed by atoms with E-state index in [1.165, 1.54) is 6.42 Å². The van der Waals surface area contributed by atoms with E-state index in [0.717, 1.165) is 63.0 Å². The first kappa shape index (κ1) is 14.7. The number of fused-ring (bicyclic) bond motifs is 1. The number of hydrogen-bond donors (Lipinski definition) is 1. The minimum absolute atomic E-state index is 0.0777. The molecule has 3 aliphatic rings. The van der Waals surface area contributed by atoms with Gasteiger partial charge in [0.2, 0.25) is 11.8 Å². The van der Waals surface area contributed by atoms with Crippen molar-refractivity contribution < 1.29 is 9.59 Å². The highest BCUT2D eigenvalue weighted by Gasteiger charge is 2.35. The van der Waals surface area contributed by atoms with Crippen LogP contribution in [0, 0.1) is 11.8 Å². The summed E-state index contributed by atoms with van der Waals surface area (Å²) in [5, 5.41) is 7.07. The number of aromatic amines is 1. The summed E-state index contributed by atoms with van der Waals surface area (Å²) < 4.78 is 0. The van der Waals surface area contributed by atoms with Gasteiger partial charge in [-0.25, -0.2) is 0 Å². The lowest BCUT2D eigenvalue weighted by Gasteiger charge is -2.38. The van der Waals surface area contributed by atoms with Crippen LogP contribution in [0.2, 0.25) is 0 Å². The molecule has 3 heterocycles. The fourth-order valence-corrected chi connectivity index (χ4v) is 3.93. The molecule has 0 radical (unpaired) electrons. The van der Waals surface area contributed by atoms with E-state index >= 15 is 0 Å². The Kier molecular flexibility index (Phi) is 3.83. The fourth-order valence-electron chi connectivity index (χ4n) is 3.93. The molecule has 0 unspecified atom stereocenters. The van der Waals surface area contributed by atoms with Gasteiger partial charge in [-0.15, -0.1) is 0 Å². The second-order valence-electron chi connectivity index (χ2n) is 7.11. The summed E-state index contributed by atoms with van der Waals surface area (Å²) in [6.07, 6.45) is 7.61. The number of rotatable bonds is 2. The Labute approximate surface area is 136 Å². The maximum Gasteiger partial charge on any atom is 0.226 e.